The second-order valence-electron chi connectivity index (χ2n) is 5.00. The van der Waals surface area contributed by atoms with Crippen LogP contribution in [0.25, 0.3) is 0 Å². The van der Waals surface area contributed by atoms with Crippen molar-refractivity contribution in [2.45, 2.75) is 25.8 Å². The van der Waals surface area contributed by atoms with Crippen LogP contribution >= 0.6 is 22.6 Å². The van der Waals surface area contributed by atoms with E-state index >= 15 is 0 Å². The maximum atomic E-state index is 12.3. The monoisotopic (exact) mass is 358 g/mol. The Morgan fingerprint density at radius 1 is 1.44 bits per heavy atom. The van der Waals surface area contributed by atoms with E-state index in [9.17, 15) is 4.79 Å². The van der Waals surface area contributed by atoms with Crippen molar-refractivity contribution in [3.8, 4) is 0 Å². The van der Waals surface area contributed by atoms with Crippen LogP contribution in [0.15, 0.2) is 24.3 Å². The maximum Gasteiger partial charge on any atom is 0.253 e. The minimum Gasteiger partial charge on any atom is -0.339 e. The molecule has 3 nitrogen and oxygen atoms in total. The van der Waals surface area contributed by atoms with Crippen molar-refractivity contribution >= 4 is 28.5 Å². The van der Waals surface area contributed by atoms with Crippen molar-refractivity contribution in [2.75, 3.05) is 13.1 Å². The van der Waals surface area contributed by atoms with Crippen LogP contribution in [0.3, 0.4) is 0 Å². The lowest BCUT2D eigenvalue weighted by molar-refractivity contribution is 0.0681. The number of rotatable bonds is 2. The lowest BCUT2D eigenvalue weighted by Crippen LogP contribution is -2.42. The summed E-state index contributed by atoms with van der Waals surface area (Å²) in [6.07, 6.45) is 2.04. The molecule has 1 aliphatic heterocycles. The fraction of sp³-hybridized carbons (Fsp3) is 0.500. The number of hydrogen-bond acceptors (Lipinski definition) is 2. The summed E-state index contributed by atoms with van der Waals surface area (Å²) in [5.41, 5.74) is 6.71. The van der Waals surface area contributed by atoms with E-state index in [2.05, 4.69) is 29.5 Å². The quantitative estimate of drug-likeness (QED) is 0.826. The van der Waals surface area contributed by atoms with Crippen LogP contribution < -0.4 is 5.73 Å². The zero-order valence-electron chi connectivity index (χ0n) is 10.6. The molecule has 1 amide bonds. The number of benzene rings is 1. The molecular formula is C14H19IN2O. The normalized spacial score (nSPS) is 18.7. The highest BCUT2D eigenvalue weighted by Gasteiger charge is 2.25. The molecule has 1 saturated heterocycles. The van der Waals surface area contributed by atoms with Gasteiger partial charge < -0.3 is 10.6 Å². The number of halogens is 1. The molecule has 1 aliphatic rings. The first kappa shape index (κ1) is 13.8. The molecule has 2 N–H and O–H groups in total. The van der Waals surface area contributed by atoms with Crippen molar-refractivity contribution in [1.82, 2.24) is 4.90 Å². The van der Waals surface area contributed by atoms with E-state index in [0.29, 0.717) is 5.92 Å². The summed E-state index contributed by atoms with van der Waals surface area (Å²) in [6.45, 7) is 3.72. The van der Waals surface area contributed by atoms with Crippen molar-refractivity contribution < 1.29 is 4.79 Å². The first-order valence-corrected chi connectivity index (χ1v) is 7.46. The van der Waals surface area contributed by atoms with Gasteiger partial charge in [0.1, 0.15) is 0 Å². The number of likely N-dealkylation sites (tertiary alicyclic amines) is 1. The lowest BCUT2D eigenvalue weighted by Gasteiger charge is -2.33. The van der Waals surface area contributed by atoms with Gasteiger partial charge in [0.15, 0.2) is 0 Å². The highest BCUT2D eigenvalue weighted by molar-refractivity contribution is 14.1. The Morgan fingerprint density at radius 3 is 2.67 bits per heavy atom. The van der Waals surface area contributed by atoms with Gasteiger partial charge in [-0.05, 0) is 66.5 Å². The highest BCUT2D eigenvalue weighted by atomic mass is 127. The molecule has 1 heterocycles. The van der Waals surface area contributed by atoms with Gasteiger partial charge in [0.2, 0.25) is 0 Å². The van der Waals surface area contributed by atoms with Crippen LogP contribution in [0.2, 0.25) is 0 Å². The number of hydrogen-bond donors (Lipinski definition) is 1. The van der Waals surface area contributed by atoms with Gasteiger partial charge in [-0.25, -0.2) is 0 Å². The fourth-order valence-corrected chi connectivity index (χ4v) is 2.98. The summed E-state index contributed by atoms with van der Waals surface area (Å²) in [4.78, 5) is 14.3. The Morgan fingerprint density at radius 2 is 2.11 bits per heavy atom. The molecule has 0 spiro atoms. The van der Waals surface area contributed by atoms with E-state index in [1.54, 1.807) is 0 Å². The van der Waals surface area contributed by atoms with E-state index in [0.717, 1.165) is 35.1 Å². The number of nitrogens with zero attached hydrogens (tertiary/aromatic N) is 1. The molecular weight excluding hydrogens is 339 g/mol. The molecule has 0 bridgehead atoms. The number of nitrogens with two attached hydrogens (primary N) is 1. The minimum absolute atomic E-state index is 0.150. The molecule has 1 aromatic rings. The molecule has 4 heteroatoms. The Balaban J connectivity index is 1.99. The second kappa shape index (κ2) is 6.02. The molecule has 2 rings (SSSR count). The van der Waals surface area contributed by atoms with Gasteiger partial charge in [0.05, 0.1) is 0 Å². The van der Waals surface area contributed by atoms with Gasteiger partial charge in [-0.3, -0.25) is 4.79 Å². The predicted molar refractivity (Wildman–Crippen MR) is 81.4 cm³/mol. The van der Waals surface area contributed by atoms with Gasteiger partial charge in [-0.1, -0.05) is 6.07 Å². The third-order valence-electron chi connectivity index (χ3n) is 3.64. The molecule has 0 saturated carbocycles. The molecule has 1 aromatic carbocycles. The SMILES string of the molecule is CC(N)C1CCN(C(=O)c2cccc(I)c2)CC1. The molecule has 98 valence electrons. The van der Waals surface area contributed by atoms with Gasteiger partial charge >= 0.3 is 0 Å². The zero-order chi connectivity index (χ0) is 13.1. The number of carbonyl (C=O) groups is 1. The summed E-state index contributed by atoms with van der Waals surface area (Å²) >= 11 is 2.23. The van der Waals surface area contributed by atoms with Crippen molar-refractivity contribution in [3.05, 3.63) is 33.4 Å². The predicted octanol–water partition coefficient (Wildman–Crippen LogP) is 2.49. The smallest absolute Gasteiger partial charge is 0.253 e. The summed E-state index contributed by atoms with van der Waals surface area (Å²) in [5, 5.41) is 0. The third kappa shape index (κ3) is 3.23. The average molecular weight is 358 g/mol. The number of carbonyl (C=O) groups excluding carboxylic acids is 1. The molecule has 1 fully saturated rings. The minimum atomic E-state index is 0.150. The second-order valence-corrected chi connectivity index (χ2v) is 6.24. The van der Waals surface area contributed by atoms with Crippen LogP contribution in [0, 0.1) is 9.49 Å². The average Bonchev–Trinajstić information content (AvgIpc) is 2.38. The van der Waals surface area contributed by atoms with Crippen molar-refractivity contribution in [2.24, 2.45) is 11.7 Å². The van der Waals surface area contributed by atoms with E-state index < -0.39 is 0 Å². The van der Waals surface area contributed by atoms with Gasteiger partial charge in [0, 0.05) is 28.3 Å². The van der Waals surface area contributed by atoms with Gasteiger partial charge in [0.25, 0.3) is 5.91 Å². The lowest BCUT2D eigenvalue weighted by atomic mass is 9.90. The largest absolute Gasteiger partial charge is 0.339 e. The summed E-state index contributed by atoms with van der Waals surface area (Å²) in [6, 6.07) is 8.01. The van der Waals surface area contributed by atoms with Crippen molar-refractivity contribution in [3.63, 3.8) is 0 Å². The maximum absolute atomic E-state index is 12.3. The Kier molecular flexibility index (Phi) is 4.61. The van der Waals surface area contributed by atoms with Crippen LogP contribution in [0.4, 0.5) is 0 Å². The van der Waals surface area contributed by atoms with E-state index in [1.165, 1.54) is 0 Å². The number of piperidine rings is 1. The molecule has 0 aliphatic carbocycles. The third-order valence-corrected chi connectivity index (χ3v) is 4.31. The molecule has 18 heavy (non-hydrogen) atoms. The first-order chi connectivity index (χ1) is 8.58. The molecule has 0 radical (unpaired) electrons. The van der Waals surface area contributed by atoms with Crippen molar-refractivity contribution in [1.29, 1.82) is 0 Å². The molecule has 1 atom stereocenters. The Labute approximate surface area is 122 Å². The Bertz CT molecular complexity index is 426. The molecule has 0 aromatic heterocycles. The topological polar surface area (TPSA) is 46.3 Å². The zero-order valence-corrected chi connectivity index (χ0v) is 12.8. The van der Waals surface area contributed by atoms with E-state index in [1.807, 2.05) is 29.2 Å². The van der Waals surface area contributed by atoms with Crippen LogP contribution in [0.5, 0.6) is 0 Å². The highest BCUT2D eigenvalue weighted by Crippen LogP contribution is 2.21. The fourth-order valence-electron chi connectivity index (χ4n) is 2.43. The van der Waals surface area contributed by atoms with E-state index in [-0.39, 0.29) is 11.9 Å². The van der Waals surface area contributed by atoms with Crippen LogP contribution in [0.1, 0.15) is 30.1 Å². The van der Waals surface area contributed by atoms with Crippen LogP contribution in [-0.4, -0.2) is 29.9 Å². The summed E-state index contributed by atoms with van der Waals surface area (Å²) < 4.78 is 1.10. The Hall–Kier alpha value is -0.620. The summed E-state index contributed by atoms with van der Waals surface area (Å²) in [5.74, 6) is 0.710. The summed E-state index contributed by atoms with van der Waals surface area (Å²) in [7, 11) is 0. The first-order valence-electron chi connectivity index (χ1n) is 6.38. The van der Waals surface area contributed by atoms with Gasteiger partial charge in [-0.15, -0.1) is 0 Å². The number of amides is 1. The van der Waals surface area contributed by atoms with Gasteiger partial charge in [-0.2, -0.15) is 0 Å². The van der Waals surface area contributed by atoms with Crippen LogP contribution in [-0.2, 0) is 0 Å². The standard InChI is InChI=1S/C14H19IN2O/c1-10(16)11-5-7-17(8-6-11)14(18)12-3-2-4-13(15)9-12/h2-4,9-11H,5-8,16H2,1H3. The molecule has 1 unspecified atom stereocenters. The van der Waals surface area contributed by atoms with E-state index in [4.69, 9.17) is 5.73 Å².